The van der Waals surface area contributed by atoms with Gasteiger partial charge in [0.05, 0.1) is 5.56 Å². The van der Waals surface area contributed by atoms with Crippen molar-refractivity contribution in [2.45, 2.75) is 13.5 Å². The highest BCUT2D eigenvalue weighted by atomic mass is 16.4. The molecule has 1 heterocycles. The number of carboxylic acids is 1. The highest BCUT2D eigenvalue weighted by Crippen LogP contribution is 1.95. The summed E-state index contributed by atoms with van der Waals surface area (Å²) in [5, 5.41) is 11.3. The van der Waals surface area contributed by atoms with Gasteiger partial charge in [0, 0.05) is 32.3 Å². The molecule has 0 aliphatic rings. The van der Waals surface area contributed by atoms with Gasteiger partial charge in [0.25, 0.3) is 5.56 Å². The van der Waals surface area contributed by atoms with Gasteiger partial charge in [-0.1, -0.05) is 0 Å². The van der Waals surface area contributed by atoms with Gasteiger partial charge in [-0.3, -0.25) is 9.59 Å². The summed E-state index contributed by atoms with van der Waals surface area (Å²) in [5.41, 5.74) is -0.252. The van der Waals surface area contributed by atoms with Crippen LogP contribution in [0.2, 0.25) is 0 Å². The van der Waals surface area contributed by atoms with E-state index in [-0.39, 0.29) is 30.1 Å². The van der Waals surface area contributed by atoms with Crippen molar-refractivity contribution in [2.75, 3.05) is 6.54 Å². The van der Waals surface area contributed by atoms with E-state index in [9.17, 15) is 14.4 Å². The van der Waals surface area contributed by atoms with Crippen LogP contribution in [-0.2, 0) is 11.3 Å². The molecule has 0 aromatic carbocycles. The van der Waals surface area contributed by atoms with Gasteiger partial charge < -0.3 is 15.0 Å². The Morgan fingerprint density at radius 3 is 2.69 bits per heavy atom. The molecule has 0 fully saturated rings. The quantitative estimate of drug-likeness (QED) is 0.733. The minimum absolute atomic E-state index is 0.0439. The Hall–Kier alpha value is -2.11. The van der Waals surface area contributed by atoms with Crippen molar-refractivity contribution in [3.63, 3.8) is 0 Å². The third-order valence-corrected chi connectivity index (χ3v) is 1.96. The van der Waals surface area contributed by atoms with Crippen LogP contribution >= 0.6 is 0 Å². The lowest BCUT2D eigenvalue weighted by Gasteiger charge is -2.06. The van der Waals surface area contributed by atoms with Crippen LogP contribution in [0.1, 0.15) is 17.3 Å². The van der Waals surface area contributed by atoms with Gasteiger partial charge in [0.2, 0.25) is 5.91 Å². The number of nitrogens with zero attached hydrogens (tertiary/aromatic N) is 1. The van der Waals surface area contributed by atoms with E-state index in [1.54, 1.807) is 0 Å². The minimum Gasteiger partial charge on any atom is -0.478 e. The summed E-state index contributed by atoms with van der Waals surface area (Å²) in [7, 11) is 0. The predicted molar refractivity (Wildman–Crippen MR) is 56.3 cm³/mol. The largest absolute Gasteiger partial charge is 0.478 e. The molecular formula is C10H12N2O4. The van der Waals surface area contributed by atoms with Crippen molar-refractivity contribution in [3.8, 4) is 0 Å². The zero-order valence-corrected chi connectivity index (χ0v) is 8.77. The molecule has 16 heavy (non-hydrogen) atoms. The highest BCUT2D eigenvalue weighted by Gasteiger charge is 2.04. The van der Waals surface area contributed by atoms with Crippen molar-refractivity contribution in [2.24, 2.45) is 0 Å². The van der Waals surface area contributed by atoms with Crippen LogP contribution in [0.25, 0.3) is 0 Å². The molecule has 0 radical (unpaired) electrons. The SMILES string of the molecule is CC(=O)NCCn1cc(C(=O)O)ccc1=O. The van der Waals surface area contributed by atoms with Crippen molar-refractivity contribution < 1.29 is 14.7 Å². The second-order valence-corrected chi connectivity index (χ2v) is 3.24. The number of nitrogens with one attached hydrogen (secondary N) is 1. The molecule has 0 aliphatic heterocycles. The Balaban J connectivity index is 2.78. The molecule has 0 saturated carbocycles. The molecule has 0 unspecified atom stereocenters. The zero-order valence-electron chi connectivity index (χ0n) is 8.77. The van der Waals surface area contributed by atoms with E-state index in [0.717, 1.165) is 0 Å². The maximum atomic E-state index is 11.3. The van der Waals surface area contributed by atoms with Crippen LogP contribution in [0.4, 0.5) is 0 Å². The number of hydrogen-bond acceptors (Lipinski definition) is 3. The van der Waals surface area contributed by atoms with E-state index in [0.29, 0.717) is 0 Å². The van der Waals surface area contributed by atoms with Crippen LogP contribution in [0, 0.1) is 0 Å². The molecule has 1 amide bonds. The lowest BCUT2D eigenvalue weighted by molar-refractivity contribution is -0.118. The topological polar surface area (TPSA) is 88.4 Å². The first-order chi connectivity index (χ1) is 7.50. The van der Waals surface area contributed by atoms with Crippen LogP contribution in [0.5, 0.6) is 0 Å². The smallest absolute Gasteiger partial charge is 0.337 e. The number of rotatable bonds is 4. The third-order valence-electron chi connectivity index (χ3n) is 1.96. The molecule has 1 aromatic rings. The van der Waals surface area contributed by atoms with Gasteiger partial charge in [0.1, 0.15) is 0 Å². The Kier molecular flexibility index (Phi) is 3.82. The predicted octanol–water partition coefficient (Wildman–Crippen LogP) is -0.317. The van der Waals surface area contributed by atoms with E-state index < -0.39 is 5.97 Å². The van der Waals surface area contributed by atoms with Crippen molar-refractivity contribution >= 4 is 11.9 Å². The summed E-state index contributed by atoms with van der Waals surface area (Å²) < 4.78 is 1.25. The molecule has 0 spiro atoms. The van der Waals surface area contributed by atoms with Gasteiger partial charge in [-0.25, -0.2) is 4.79 Å². The molecule has 2 N–H and O–H groups in total. The third kappa shape index (κ3) is 3.23. The Labute approximate surface area is 91.5 Å². The fourth-order valence-electron chi connectivity index (χ4n) is 1.18. The number of amides is 1. The standard InChI is InChI=1S/C10H12N2O4/c1-7(13)11-4-5-12-6-8(10(15)16)2-3-9(12)14/h2-3,6H,4-5H2,1H3,(H,11,13)(H,15,16). The van der Waals surface area contributed by atoms with E-state index >= 15 is 0 Å². The second-order valence-electron chi connectivity index (χ2n) is 3.24. The fraction of sp³-hybridized carbons (Fsp3) is 0.300. The second kappa shape index (κ2) is 5.11. The van der Waals surface area contributed by atoms with Crippen LogP contribution < -0.4 is 10.9 Å². The van der Waals surface area contributed by atoms with E-state index in [1.165, 1.54) is 29.8 Å². The molecule has 1 aromatic heterocycles. The first-order valence-corrected chi connectivity index (χ1v) is 4.69. The minimum atomic E-state index is -1.09. The number of aromatic nitrogens is 1. The summed E-state index contributed by atoms with van der Waals surface area (Å²) in [4.78, 5) is 32.6. The summed E-state index contributed by atoms with van der Waals surface area (Å²) in [6.07, 6.45) is 1.26. The van der Waals surface area contributed by atoms with Gasteiger partial charge in [-0.05, 0) is 6.07 Å². The molecule has 6 heteroatoms. The molecule has 0 atom stereocenters. The van der Waals surface area contributed by atoms with Gasteiger partial charge in [0.15, 0.2) is 0 Å². The number of carboxylic acid groups (broad SMARTS) is 1. The average Bonchev–Trinajstić information content (AvgIpc) is 2.20. The maximum absolute atomic E-state index is 11.3. The lowest BCUT2D eigenvalue weighted by atomic mass is 10.3. The summed E-state index contributed by atoms with van der Waals surface area (Å²) >= 11 is 0. The summed E-state index contributed by atoms with van der Waals surface area (Å²) in [5.74, 6) is -1.28. The Morgan fingerprint density at radius 1 is 1.44 bits per heavy atom. The fourth-order valence-corrected chi connectivity index (χ4v) is 1.18. The van der Waals surface area contributed by atoms with Crippen LogP contribution in [0.3, 0.4) is 0 Å². The number of pyridine rings is 1. The lowest BCUT2D eigenvalue weighted by Crippen LogP contribution is -2.29. The van der Waals surface area contributed by atoms with Crippen molar-refractivity contribution in [3.05, 3.63) is 34.2 Å². The van der Waals surface area contributed by atoms with Crippen LogP contribution in [-0.4, -0.2) is 28.1 Å². The van der Waals surface area contributed by atoms with Gasteiger partial charge >= 0.3 is 5.97 Å². The molecule has 6 nitrogen and oxygen atoms in total. The monoisotopic (exact) mass is 224 g/mol. The first-order valence-electron chi connectivity index (χ1n) is 4.69. The van der Waals surface area contributed by atoms with Crippen molar-refractivity contribution in [1.29, 1.82) is 0 Å². The molecule has 0 aliphatic carbocycles. The first kappa shape index (κ1) is 12.0. The highest BCUT2D eigenvalue weighted by molar-refractivity contribution is 5.87. The Bertz CT molecular complexity index is 464. The number of aromatic carboxylic acids is 1. The van der Waals surface area contributed by atoms with E-state index in [2.05, 4.69) is 5.32 Å². The molecular weight excluding hydrogens is 212 g/mol. The Morgan fingerprint density at radius 2 is 2.12 bits per heavy atom. The van der Waals surface area contributed by atoms with Gasteiger partial charge in [-0.2, -0.15) is 0 Å². The molecule has 1 rings (SSSR count). The normalized spacial score (nSPS) is 9.81. The summed E-state index contributed by atoms with van der Waals surface area (Å²) in [6.45, 7) is 1.91. The van der Waals surface area contributed by atoms with Crippen molar-refractivity contribution in [1.82, 2.24) is 9.88 Å². The number of hydrogen-bond donors (Lipinski definition) is 2. The number of carbonyl (C=O) groups excluding carboxylic acids is 1. The van der Waals surface area contributed by atoms with E-state index in [1.807, 2.05) is 0 Å². The maximum Gasteiger partial charge on any atom is 0.337 e. The zero-order chi connectivity index (χ0) is 12.1. The van der Waals surface area contributed by atoms with E-state index in [4.69, 9.17) is 5.11 Å². The van der Waals surface area contributed by atoms with Gasteiger partial charge in [-0.15, -0.1) is 0 Å². The van der Waals surface area contributed by atoms with Crippen LogP contribution in [0.15, 0.2) is 23.1 Å². The number of carbonyl (C=O) groups is 2. The average molecular weight is 224 g/mol. The molecule has 0 bridgehead atoms. The molecule has 86 valence electrons. The molecule has 0 saturated heterocycles. The summed E-state index contributed by atoms with van der Waals surface area (Å²) in [6, 6.07) is 2.44.